The van der Waals surface area contributed by atoms with Gasteiger partial charge >= 0.3 is 0 Å². The van der Waals surface area contributed by atoms with Crippen LogP contribution in [0.4, 0.5) is 0 Å². The first-order valence-corrected chi connectivity index (χ1v) is 4.13. The van der Waals surface area contributed by atoms with Gasteiger partial charge in [-0.05, 0) is 27.7 Å². The summed E-state index contributed by atoms with van der Waals surface area (Å²) in [5, 5.41) is -0.0841. The molecule has 0 fully saturated rings. The first-order chi connectivity index (χ1) is 4.34. The summed E-state index contributed by atoms with van der Waals surface area (Å²) in [4.78, 5) is -0.348. The molecule has 0 nitrogen and oxygen atoms in total. The van der Waals surface area contributed by atoms with Gasteiger partial charge in [0.2, 0.25) is 0 Å². The molecule has 0 heterocycles. The summed E-state index contributed by atoms with van der Waals surface area (Å²) >= 11 is 11.9. The Labute approximate surface area is 73.2 Å². The van der Waals surface area contributed by atoms with E-state index in [1.54, 1.807) is 0 Å². The standard InChI is InChI=1S/C8H14Cl2/c1-6(2)5-7(9)8(3,4)10/h5,7H,1-4H3. The van der Waals surface area contributed by atoms with E-state index in [1.807, 2.05) is 33.8 Å². The summed E-state index contributed by atoms with van der Waals surface area (Å²) in [5.41, 5.74) is 1.20. The Bertz CT molecular complexity index is 127. The average Bonchev–Trinajstić information content (AvgIpc) is 1.60. The molecule has 0 aliphatic heterocycles. The Morgan fingerprint density at radius 1 is 1.40 bits per heavy atom. The van der Waals surface area contributed by atoms with Crippen LogP contribution in [0.15, 0.2) is 11.6 Å². The van der Waals surface area contributed by atoms with Crippen molar-refractivity contribution in [3.05, 3.63) is 11.6 Å². The molecule has 0 N–H and O–H groups in total. The van der Waals surface area contributed by atoms with Crippen molar-refractivity contribution >= 4 is 23.2 Å². The quantitative estimate of drug-likeness (QED) is 0.451. The van der Waals surface area contributed by atoms with Crippen molar-refractivity contribution in [2.45, 2.75) is 37.9 Å². The minimum atomic E-state index is -0.348. The van der Waals surface area contributed by atoms with E-state index in [1.165, 1.54) is 5.57 Å². The zero-order chi connectivity index (χ0) is 8.36. The lowest BCUT2D eigenvalue weighted by molar-refractivity contribution is 0.716. The van der Waals surface area contributed by atoms with E-state index < -0.39 is 0 Å². The Morgan fingerprint density at radius 3 is 1.90 bits per heavy atom. The number of alkyl halides is 2. The van der Waals surface area contributed by atoms with Crippen molar-refractivity contribution in [2.75, 3.05) is 0 Å². The highest BCUT2D eigenvalue weighted by molar-refractivity contribution is 6.32. The molecular weight excluding hydrogens is 167 g/mol. The van der Waals surface area contributed by atoms with Gasteiger partial charge in [0.25, 0.3) is 0 Å². The van der Waals surface area contributed by atoms with Gasteiger partial charge in [-0.2, -0.15) is 0 Å². The molecule has 10 heavy (non-hydrogen) atoms. The zero-order valence-corrected chi connectivity index (χ0v) is 8.42. The largest absolute Gasteiger partial charge is 0.118 e. The molecule has 1 unspecified atom stereocenters. The van der Waals surface area contributed by atoms with Crippen LogP contribution in [0.3, 0.4) is 0 Å². The van der Waals surface area contributed by atoms with E-state index in [0.717, 1.165) is 0 Å². The van der Waals surface area contributed by atoms with Gasteiger partial charge in [-0.15, -0.1) is 23.2 Å². The highest BCUT2D eigenvalue weighted by atomic mass is 35.5. The second-order valence-corrected chi connectivity index (χ2v) is 4.65. The molecule has 0 rings (SSSR count). The molecule has 0 bridgehead atoms. The monoisotopic (exact) mass is 180 g/mol. The van der Waals surface area contributed by atoms with E-state index >= 15 is 0 Å². The smallest absolute Gasteiger partial charge is 0.0704 e. The summed E-state index contributed by atoms with van der Waals surface area (Å²) in [7, 11) is 0. The lowest BCUT2D eigenvalue weighted by atomic mass is 10.1. The first kappa shape index (κ1) is 10.3. The van der Waals surface area contributed by atoms with Gasteiger partial charge in [-0.1, -0.05) is 11.6 Å². The molecule has 0 spiro atoms. The highest BCUT2D eigenvalue weighted by Gasteiger charge is 2.22. The molecule has 0 aliphatic carbocycles. The Hall–Kier alpha value is 0.320. The molecule has 0 amide bonds. The van der Waals surface area contributed by atoms with Crippen LogP contribution in [-0.4, -0.2) is 10.3 Å². The number of rotatable bonds is 2. The van der Waals surface area contributed by atoms with Crippen LogP contribution in [0, 0.1) is 0 Å². The average molecular weight is 181 g/mol. The molecular formula is C8H14Cl2. The van der Waals surface area contributed by atoms with Crippen molar-refractivity contribution in [1.82, 2.24) is 0 Å². The third-order valence-electron chi connectivity index (χ3n) is 1.14. The predicted molar refractivity (Wildman–Crippen MR) is 49.0 cm³/mol. The van der Waals surface area contributed by atoms with Crippen LogP contribution < -0.4 is 0 Å². The van der Waals surface area contributed by atoms with Crippen molar-refractivity contribution in [2.24, 2.45) is 0 Å². The first-order valence-electron chi connectivity index (χ1n) is 3.32. The lowest BCUT2D eigenvalue weighted by Gasteiger charge is -2.19. The minimum Gasteiger partial charge on any atom is -0.118 e. The summed E-state index contributed by atoms with van der Waals surface area (Å²) < 4.78 is 0. The lowest BCUT2D eigenvalue weighted by Crippen LogP contribution is -2.23. The van der Waals surface area contributed by atoms with Crippen LogP contribution >= 0.6 is 23.2 Å². The molecule has 60 valence electrons. The SMILES string of the molecule is CC(C)=CC(Cl)C(C)(C)Cl. The van der Waals surface area contributed by atoms with Crippen LogP contribution in [0.1, 0.15) is 27.7 Å². The second kappa shape index (κ2) is 3.64. The molecule has 1 atom stereocenters. The third kappa shape index (κ3) is 4.19. The number of halogens is 2. The van der Waals surface area contributed by atoms with Gasteiger partial charge in [0.15, 0.2) is 0 Å². The highest BCUT2D eigenvalue weighted by Crippen LogP contribution is 2.24. The van der Waals surface area contributed by atoms with Crippen LogP contribution in [0.25, 0.3) is 0 Å². The normalized spacial score (nSPS) is 14.6. The maximum Gasteiger partial charge on any atom is 0.0704 e. The molecule has 0 aromatic carbocycles. The molecule has 0 aromatic heterocycles. The molecule has 0 saturated carbocycles. The number of allylic oxidation sites excluding steroid dienone is 2. The van der Waals surface area contributed by atoms with Gasteiger partial charge < -0.3 is 0 Å². The second-order valence-electron chi connectivity index (χ2n) is 3.21. The maximum absolute atomic E-state index is 5.95. The van der Waals surface area contributed by atoms with Gasteiger partial charge in [-0.25, -0.2) is 0 Å². The number of hydrogen-bond donors (Lipinski definition) is 0. The fraction of sp³-hybridized carbons (Fsp3) is 0.750. The van der Waals surface area contributed by atoms with E-state index in [2.05, 4.69) is 0 Å². The molecule has 0 aromatic rings. The van der Waals surface area contributed by atoms with Crippen LogP contribution in [0.5, 0.6) is 0 Å². The predicted octanol–water partition coefficient (Wildman–Crippen LogP) is 3.58. The molecule has 2 heteroatoms. The van der Waals surface area contributed by atoms with Gasteiger partial charge in [0.1, 0.15) is 0 Å². The summed E-state index contributed by atoms with van der Waals surface area (Å²) in [5.74, 6) is 0. The summed E-state index contributed by atoms with van der Waals surface area (Å²) in [6, 6.07) is 0. The summed E-state index contributed by atoms with van der Waals surface area (Å²) in [6.07, 6.45) is 1.97. The minimum absolute atomic E-state index is 0.0841. The fourth-order valence-electron chi connectivity index (χ4n) is 0.491. The van der Waals surface area contributed by atoms with Crippen molar-refractivity contribution in [3.63, 3.8) is 0 Å². The van der Waals surface area contributed by atoms with Crippen molar-refractivity contribution < 1.29 is 0 Å². The van der Waals surface area contributed by atoms with Crippen molar-refractivity contribution in [1.29, 1.82) is 0 Å². The summed E-state index contributed by atoms with van der Waals surface area (Å²) in [6.45, 7) is 7.84. The molecule has 0 aliphatic rings. The maximum atomic E-state index is 5.95. The van der Waals surface area contributed by atoms with Crippen LogP contribution in [-0.2, 0) is 0 Å². The van der Waals surface area contributed by atoms with E-state index in [4.69, 9.17) is 23.2 Å². The van der Waals surface area contributed by atoms with Gasteiger partial charge in [0, 0.05) is 0 Å². The third-order valence-corrected chi connectivity index (χ3v) is 2.15. The number of hydrogen-bond acceptors (Lipinski definition) is 0. The zero-order valence-electron chi connectivity index (χ0n) is 6.91. The Kier molecular flexibility index (Phi) is 3.75. The van der Waals surface area contributed by atoms with Crippen molar-refractivity contribution in [3.8, 4) is 0 Å². The van der Waals surface area contributed by atoms with Gasteiger partial charge in [-0.3, -0.25) is 0 Å². The Morgan fingerprint density at radius 2 is 1.80 bits per heavy atom. The Balaban J connectivity index is 4.11. The van der Waals surface area contributed by atoms with E-state index in [0.29, 0.717) is 0 Å². The van der Waals surface area contributed by atoms with E-state index in [9.17, 15) is 0 Å². The molecule has 0 radical (unpaired) electrons. The van der Waals surface area contributed by atoms with Gasteiger partial charge in [0.05, 0.1) is 10.3 Å². The molecule has 0 saturated heterocycles. The van der Waals surface area contributed by atoms with Crippen LogP contribution in [0.2, 0.25) is 0 Å². The fourth-order valence-corrected chi connectivity index (χ4v) is 0.806. The van der Waals surface area contributed by atoms with E-state index in [-0.39, 0.29) is 10.3 Å². The topological polar surface area (TPSA) is 0 Å².